The predicted octanol–water partition coefficient (Wildman–Crippen LogP) is 3.91. The monoisotopic (exact) mass is 281 g/mol. The van der Waals surface area contributed by atoms with Gasteiger partial charge in [0.25, 0.3) is 0 Å². The lowest BCUT2D eigenvalue weighted by atomic mass is 9.74. The van der Waals surface area contributed by atoms with Crippen molar-refractivity contribution >= 4 is 5.78 Å². The van der Waals surface area contributed by atoms with Gasteiger partial charge in [0.15, 0.2) is 5.78 Å². The number of carbonyl (C=O) groups excluding carboxylic acids is 1. The van der Waals surface area contributed by atoms with Crippen molar-refractivity contribution in [2.45, 2.75) is 26.7 Å². The Kier molecular flexibility index (Phi) is 3.28. The van der Waals surface area contributed by atoms with Crippen molar-refractivity contribution in [3.05, 3.63) is 47.8 Å². The van der Waals surface area contributed by atoms with Crippen LogP contribution in [0.2, 0.25) is 0 Å². The van der Waals surface area contributed by atoms with Gasteiger partial charge < -0.3 is 4.74 Å². The van der Waals surface area contributed by atoms with E-state index >= 15 is 0 Å². The van der Waals surface area contributed by atoms with E-state index in [0.29, 0.717) is 6.42 Å². The minimum Gasteiger partial charge on any atom is -0.497 e. The smallest absolute Gasteiger partial charge is 0.165 e. The van der Waals surface area contributed by atoms with Crippen LogP contribution in [-0.4, -0.2) is 17.9 Å². The van der Waals surface area contributed by atoms with E-state index in [0.717, 1.165) is 34.6 Å². The molecule has 1 aliphatic carbocycles. The highest BCUT2D eigenvalue weighted by molar-refractivity contribution is 6.04. The van der Waals surface area contributed by atoms with Crippen LogP contribution in [0.15, 0.2) is 36.5 Å². The van der Waals surface area contributed by atoms with E-state index in [-0.39, 0.29) is 11.2 Å². The fraction of sp³-hybridized carbons (Fsp3) is 0.333. The van der Waals surface area contributed by atoms with Crippen molar-refractivity contribution in [3.8, 4) is 16.9 Å². The molecule has 1 heterocycles. The van der Waals surface area contributed by atoms with Crippen LogP contribution in [0.3, 0.4) is 0 Å². The molecule has 0 aliphatic heterocycles. The molecular formula is C18H19NO2. The summed E-state index contributed by atoms with van der Waals surface area (Å²) in [6, 6.07) is 9.73. The molecule has 0 unspecified atom stereocenters. The third-order valence-electron chi connectivity index (χ3n) is 3.99. The van der Waals surface area contributed by atoms with Crippen molar-refractivity contribution in [3.63, 3.8) is 0 Å². The Morgan fingerprint density at radius 1 is 1.10 bits per heavy atom. The topological polar surface area (TPSA) is 39.2 Å². The molecule has 108 valence electrons. The van der Waals surface area contributed by atoms with Crippen molar-refractivity contribution < 1.29 is 9.53 Å². The number of ether oxygens (including phenoxy) is 1. The zero-order valence-corrected chi connectivity index (χ0v) is 12.6. The van der Waals surface area contributed by atoms with Gasteiger partial charge in [-0.3, -0.25) is 9.78 Å². The number of hydrogen-bond acceptors (Lipinski definition) is 3. The summed E-state index contributed by atoms with van der Waals surface area (Å²) in [5.41, 5.74) is 3.72. The number of hydrogen-bond donors (Lipinski definition) is 0. The third kappa shape index (κ3) is 2.56. The number of methoxy groups -OCH3 is 1. The average molecular weight is 281 g/mol. The van der Waals surface area contributed by atoms with Gasteiger partial charge in [0.05, 0.1) is 12.8 Å². The van der Waals surface area contributed by atoms with E-state index in [1.807, 2.05) is 30.3 Å². The van der Waals surface area contributed by atoms with E-state index in [1.165, 1.54) is 0 Å². The molecule has 1 aromatic heterocycles. The Labute approximate surface area is 125 Å². The van der Waals surface area contributed by atoms with Crippen LogP contribution in [0.5, 0.6) is 5.75 Å². The predicted molar refractivity (Wildman–Crippen MR) is 82.7 cm³/mol. The number of carbonyl (C=O) groups is 1. The van der Waals surface area contributed by atoms with E-state index < -0.39 is 0 Å². The van der Waals surface area contributed by atoms with E-state index in [4.69, 9.17) is 4.74 Å². The fourth-order valence-corrected chi connectivity index (χ4v) is 3.00. The molecule has 1 aliphatic rings. The normalized spacial score (nSPS) is 16.4. The molecule has 3 heteroatoms. The Balaban J connectivity index is 2.10. The fourth-order valence-electron chi connectivity index (χ4n) is 3.00. The second kappa shape index (κ2) is 4.99. The minimum atomic E-state index is -0.00435. The molecular weight excluding hydrogens is 262 g/mol. The second-order valence-electron chi connectivity index (χ2n) is 6.35. The highest BCUT2D eigenvalue weighted by Crippen LogP contribution is 2.38. The highest BCUT2D eigenvalue weighted by Gasteiger charge is 2.33. The highest BCUT2D eigenvalue weighted by atomic mass is 16.5. The van der Waals surface area contributed by atoms with Crippen molar-refractivity contribution in [1.82, 2.24) is 4.98 Å². The number of nitrogens with zero attached hydrogens (tertiary/aromatic N) is 1. The number of ketones is 1. The first kappa shape index (κ1) is 13.8. The van der Waals surface area contributed by atoms with E-state index in [1.54, 1.807) is 13.3 Å². The molecule has 0 fully saturated rings. The maximum atomic E-state index is 12.6. The first-order valence-electron chi connectivity index (χ1n) is 7.16. The lowest BCUT2D eigenvalue weighted by Gasteiger charge is -2.30. The van der Waals surface area contributed by atoms with Crippen LogP contribution in [0.1, 0.15) is 36.3 Å². The lowest BCUT2D eigenvalue weighted by Crippen LogP contribution is -2.28. The van der Waals surface area contributed by atoms with Crippen LogP contribution in [0, 0.1) is 5.41 Å². The maximum absolute atomic E-state index is 12.6. The molecule has 0 saturated carbocycles. The second-order valence-corrected chi connectivity index (χ2v) is 6.35. The number of rotatable bonds is 2. The molecule has 21 heavy (non-hydrogen) atoms. The van der Waals surface area contributed by atoms with Gasteiger partial charge in [-0.2, -0.15) is 0 Å². The molecule has 3 nitrogen and oxygen atoms in total. The molecule has 0 N–H and O–H groups in total. The van der Waals surface area contributed by atoms with Crippen molar-refractivity contribution in [2.24, 2.45) is 5.41 Å². The number of pyridine rings is 1. The Bertz CT molecular complexity index is 687. The van der Waals surface area contributed by atoms with Gasteiger partial charge in [-0.1, -0.05) is 26.0 Å². The number of aromatic nitrogens is 1. The zero-order valence-electron chi connectivity index (χ0n) is 12.6. The van der Waals surface area contributed by atoms with Crippen LogP contribution >= 0.6 is 0 Å². The van der Waals surface area contributed by atoms with Gasteiger partial charge in [-0.15, -0.1) is 0 Å². The number of benzene rings is 1. The molecule has 0 amide bonds. The van der Waals surface area contributed by atoms with E-state index in [9.17, 15) is 4.79 Å². The summed E-state index contributed by atoms with van der Waals surface area (Å²) in [6.07, 6.45) is 3.22. The first-order chi connectivity index (χ1) is 10.00. The number of Topliss-reactive ketones (excluding diaryl/α,β-unsaturated/α-hetero) is 1. The standard InChI is InChI=1S/C18H19NO2/c1-18(2)10-15-17(16(20)11-18)14(8-9-19-15)12-4-6-13(21-3)7-5-12/h4-9H,10-11H2,1-3H3. The molecule has 3 rings (SSSR count). The Hall–Kier alpha value is -2.16. The molecule has 0 atom stereocenters. The molecule has 0 radical (unpaired) electrons. The van der Waals surface area contributed by atoms with E-state index in [2.05, 4.69) is 18.8 Å². The molecule has 0 spiro atoms. The maximum Gasteiger partial charge on any atom is 0.165 e. The quantitative estimate of drug-likeness (QED) is 0.837. The van der Waals surface area contributed by atoms with Crippen LogP contribution in [0.4, 0.5) is 0 Å². The van der Waals surface area contributed by atoms with Gasteiger partial charge >= 0.3 is 0 Å². The zero-order chi connectivity index (χ0) is 15.0. The first-order valence-corrected chi connectivity index (χ1v) is 7.16. The summed E-state index contributed by atoms with van der Waals surface area (Å²) in [5.74, 6) is 1.01. The van der Waals surface area contributed by atoms with Gasteiger partial charge in [0.2, 0.25) is 0 Å². The van der Waals surface area contributed by atoms with Crippen molar-refractivity contribution in [1.29, 1.82) is 0 Å². The molecule has 0 bridgehead atoms. The summed E-state index contributed by atoms with van der Waals surface area (Å²) >= 11 is 0. The Morgan fingerprint density at radius 3 is 2.48 bits per heavy atom. The van der Waals surface area contributed by atoms with Crippen LogP contribution in [0.25, 0.3) is 11.1 Å². The Morgan fingerprint density at radius 2 is 1.81 bits per heavy atom. The largest absolute Gasteiger partial charge is 0.497 e. The van der Waals surface area contributed by atoms with Crippen LogP contribution < -0.4 is 4.74 Å². The lowest BCUT2D eigenvalue weighted by molar-refractivity contribution is 0.0911. The van der Waals surface area contributed by atoms with Crippen LogP contribution in [-0.2, 0) is 6.42 Å². The van der Waals surface area contributed by atoms with Gasteiger partial charge in [-0.05, 0) is 41.2 Å². The molecule has 0 saturated heterocycles. The summed E-state index contributed by atoms with van der Waals surface area (Å²) in [4.78, 5) is 17.0. The summed E-state index contributed by atoms with van der Waals surface area (Å²) in [5, 5.41) is 0. The van der Waals surface area contributed by atoms with Gasteiger partial charge in [0.1, 0.15) is 5.75 Å². The van der Waals surface area contributed by atoms with Gasteiger partial charge in [-0.25, -0.2) is 0 Å². The van der Waals surface area contributed by atoms with Gasteiger partial charge in [0, 0.05) is 18.2 Å². The summed E-state index contributed by atoms with van der Waals surface area (Å²) < 4.78 is 5.19. The third-order valence-corrected chi connectivity index (χ3v) is 3.99. The molecule has 1 aromatic carbocycles. The summed E-state index contributed by atoms with van der Waals surface area (Å²) in [6.45, 7) is 4.24. The average Bonchev–Trinajstić information content (AvgIpc) is 2.45. The molecule has 2 aromatic rings. The van der Waals surface area contributed by atoms with Crippen molar-refractivity contribution in [2.75, 3.05) is 7.11 Å². The summed E-state index contributed by atoms with van der Waals surface area (Å²) in [7, 11) is 1.65. The number of fused-ring (bicyclic) bond motifs is 1. The SMILES string of the molecule is COc1ccc(-c2ccnc3c2C(=O)CC(C)(C)C3)cc1. The minimum absolute atomic E-state index is 0.00435.